The highest BCUT2D eigenvalue weighted by molar-refractivity contribution is 6.15. The summed E-state index contributed by atoms with van der Waals surface area (Å²) >= 11 is 0. The Morgan fingerprint density at radius 1 is 1.08 bits per heavy atom. The van der Waals surface area contributed by atoms with Gasteiger partial charge < -0.3 is 20.1 Å². The van der Waals surface area contributed by atoms with Gasteiger partial charge in [0, 0.05) is 31.9 Å². The third-order valence-corrected chi connectivity index (χ3v) is 4.15. The molecule has 0 atom stereocenters. The summed E-state index contributed by atoms with van der Waals surface area (Å²) < 4.78 is 10.1. The van der Waals surface area contributed by atoms with Crippen LogP contribution in [0, 0.1) is 0 Å². The molecule has 3 rings (SSSR count). The van der Waals surface area contributed by atoms with Gasteiger partial charge in [-0.3, -0.25) is 4.79 Å². The molecular formula is C18H20N2O5. The number of cyclic esters (lactones) is 2. The number of nitrogens with one attached hydrogen (secondary N) is 2. The van der Waals surface area contributed by atoms with E-state index < -0.39 is 17.7 Å². The van der Waals surface area contributed by atoms with Crippen molar-refractivity contribution in [2.24, 2.45) is 0 Å². The van der Waals surface area contributed by atoms with E-state index in [1.807, 2.05) is 26.0 Å². The zero-order valence-corrected chi connectivity index (χ0v) is 14.6. The number of rotatable bonds is 2. The van der Waals surface area contributed by atoms with E-state index in [1.54, 1.807) is 6.07 Å². The molecule has 2 aliphatic heterocycles. The van der Waals surface area contributed by atoms with Gasteiger partial charge in [-0.1, -0.05) is 26.0 Å². The van der Waals surface area contributed by atoms with Crippen molar-refractivity contribution in [2.75, 3.05) is 10.6 Å². The Balaban J connectivity index is 1.92. The number of benzene rings is 1. The molecule has 0 aromatic heterocycles. The Bertz CT molecular complexity index is 786. The number of carbonyl (C=O) groups excluding carboxylic acids is 3. The molecule has 1 aromatic rings. The maximum Gasteiger partial charge on any atom is 0.350 e. The van der Waals surface area contributed by atoms with Gasteiger partial charge in [-0.05, 0) is 11.6 Å². The first-order valence-electron chi connectivity index (χ1n) is 7.96. The van der Waals surface area contributed by atoms with Crippen LogP contribution in [0.4, 0.5) is 11.4 Å². The first kappa shape index (κ1) is 17.0. The third-order valence-electron chi connectivity index (χ3n) is 4.15. The van der Waals surface area contributed by atoms with Crippen LogP contribution in [0.2, 0.25) is 0 Å². The Morgan fingerprint density at radius 2 is 1.72 bits per heavy atom. The lowest BCUT2D eigenvalue weighted by molar-refractivity contribution is -0.222. The van der Waals surface area contributed by atoms with Gasteiger partial charge in [-0.15, -0.1) is 0 Å². The number of esters is 2. The van der Waals surface area contributed by atoms with Gasteiger partial charge in [0.1, 0.15) is 0 Å². The average molecular weight is 344 g/mol. The van der Waals surface area contributed by atoms with Gasteiger partial charge >= 0.3 is 11.9 Å². The Hall–Kier alpha value is -2.83. The smallest absolute Gasteiger partial charge is 0.350 e. The second-order valence-corrected chi connectivity index (χ2v) is 7.22. The van der Waals surface area contributed by atoms with Gasteiger partial charge in [0.15, 0.2) is 5.57 Å². The number of fused-ring (bicyclic) bond motifs is 1. The molecule has 2 N–H and O–H groups in total. The summed E-state index contributed by atoms with van der Waals surface area (Å²) in [5, 5.41) is 5.75. The van der Waals surface area contributed by atoms with E-state index in [2.05, 4.69) is 10.6 Å². The minimum Gasteiger partial charge on any atom is -0.419 e. The molecule has 0 aliphatic carbocycles. The van der Waals surface area contributed by atoms with Crippen LogP contribution >= 0.6 is 0 Å². The summed E-state index contributed by atoms with van der Waals surface area (Å²) in [6.45, 7) is 6.95. The fraction of sp³-hybridized carbons (Fsp3) is 0.389. The predicted octanol–water partition coefficient (Wildman–Crippen LogP) is 2.44. The highest BCUT2D eigenvalue weighted by Gasteiger charge is 2.39. The van der Waals surface area contributed by atoms with E-state index in [0.29, 0.717) is 17.8 Å². The maximum absolute atomic E-state index is 12.0. The lowest BCUT2D eigenvalue weighted by atomic mass is 9.77. The SMILES string of the molecule is CC1(C)OC(=O)C(=CNc2cccc3c2NC(=O)CC3(C)C)C(=O)O1. The molecule has 1 fully saturated rings. The van der Waals surface area contributed by atoms with Crippen molar-refractivity contribution in [3.05, 3.63) is 35.5 Å². The van der Waals surface area contributed by atoms with Crippen LogP contribution in [0.25, 0.3) is 0 Å². The van der Waals surface area contributed by atoms with E-state index in [9.17, 15) is 14.4 Å². The molecule has 1 saturated heterocycles. The highest BCUT2D eigenvalue weighted by Crippen LogP contribution is 2.41. The molecule has 25 heavy (non-hydrogen) atoms. The summed E-state index contributed by atoms with van der Waals surface area (Å²) in [5.41, 5.74) is 1.65. The molecule has 0 saturated carbocycles. The van der Waals surface area contributed by atoms with Crippen LogP contribution in [-0.2, 0) is 29.3 Å². The van der Waals surface area contributed by atoms with Gasteiger partial charge in [-0.25, -0.2) is 9.59 Å². The molecular weight excluding hydrogens is 324 g/mol. The number of hydrogen-bond donors (Lipinski definition) is 2. The molecule has 7 nitrogen and oxygen atoms in total. The number of para-hydroxylation sites is 1. The maximum atomic E-state index is 12.0. The van der Waals surface area contributed by atoms with Gasteiger partial charge in [0.25, 0.3) is 5.79 Å². The summed E-state index contributed by atoms with van der Waals surface area (Å²) in [4.78, 5) is 35.9. The number of hydrogen-bond acceptors (Lipinski definition) is 6. The third kappa shape index (κ3) is 3.22. The quantitative estimate of drug-likeness (QED) is 0.486. The van der Waals surface area contributed by atoms with Crippen molar-refractivity contribution in [2.45, 2.75) is 45.3 Å². The van der Waals surface area contributed by atoms with Crippen LogP contribution in [0.15, 0.2) is 30.0 Å². The fourth-order valence-electron chi connectivity index (χ4n) is 2.98. The van der Waals surface area contributed by atoms with E-state index in [1.165, 1.54) is 20.0 Å². The number of amides is 1. The van der Waals surface area contributed by atoms with Crippen molar-refractivity contribution in [1.82, 2.24) is 0 Å². The standard InChI is InChI=1S/C18H20N2O5/c1-17(2)8-13(21)20-14-11(17)6-5-7-12(14)19-9-10-15(22)24-18(3,4)25-16(10)23/h5-7,9,19H,8H2,1-4H3,(H,20,21). The molecule has 132 valence electrons. The van der Waals surface area contributed by atoms with Crippen molar-refractivity contribution in [3.63, 3.8) is 0 Å². The largest absolute Gasteiger partial charge is 0.419 e. The average Bonchev–Trinajstić information content (AvgIpc) is 2.44. The molecule has 2 aliphatic rings. The Morgan fingerprint density at radius 3 is 2.36 bits per heavy atom. The highest BCUT2D eigenvalue weighted by atomic mass is 16.7. The Kier molecular flexibility index (Phi) is 3.82. The van der Waals surface area contributed by atoms with Crippen LogP contribution < -0.4 is 10.6 Å². The minimum atomic E-state index is -1.28. The second-order valence-electron chi connectivity index (χ2n) is 7.22. The lowest BCUT2D eigenvalue weighted by Gasteiger charge is -2.33. The molecule has 0 radical (unpaired) electrons. The monoisotopic (exact) mass is 344 g/mol. The van der Waals surface area contributed by atoms with Gasteiger partial charge in [-0.2, -0.15) is 0 Å². The minimum absolute atomic E-state index is 0.0855. The molecule has 0 bridgehead atoms. The zero-order chi connectivity index (χ0) is 18.4. The van der Waals surface area contributed by atoms with E-state index in [-0.39, 0.29) is 16.9 Å². The predicted molar refractivity (Wildman–Crippen MR) is 90.7 cm³/mol. The number of ether oxygens (including phenoxy) is 2. The Labute approximate surface area is 145 Å². The van der Waals surface area contributed by atoms with Gasteiger partial charge in [0.05, 0.1) is 11.4 Å². The van der Waals surface area contributed by atoms with Crippen LogP contribution in [-0.4, -0.2) is 23.6 Å². The fourth-order valence-corrected chi connectivity index (χ4v) is 2.98. The van der Waals surface area contributed by atoms with E-state index >= 15 is 0 Å². The van der Waals surface area contributed by atoms with E-state index in [4.69, 9.17) is 9.47 Å². The molecule has 7 heteroatoms. The molecule has 1 aromatic carbocycles. The summed E-state index contributed by atoms with van der Waals surface area (Å²) in [7, 11) is 0. The lowest BCUT2D eigenvalue weighted by Crippen LogP contribution is -2.42. The van der Waals surface area contributed by atoms with Crippen molar-refractivity contribution in [1.29, 1.82) is 0 Å². The molecule has 2 heterocycles. The first-order valence-corrected chi connectivity index (χ1v) is 7.96. The summed E-state index contributed by atoms with van der Waals surface area (Å²) in [6.07, 6.45) is 1.63. The number of anilines is 2. The van der Waals surface area contributed by atoms with Crippen LogP contribution in [0.3, 0.4) is 0 Å². The molecule has 1 amide bonds. The first-order chi connectivity index (χ1) is 11.6. The topological polar surface area (TPSA) is 93.7 Å². The second kappa shape index (κ2) is 5.61. The molecule has 0 spiro atoms. The van der Waals surface area contributed by atoms with Crippen LogP contribution in [0.5, 0.6) is 0 Å². The normalized spacial score (nSPS) is 20.8. The van der Waals surface area contributed by atoms with Gasteiger partial charge in [0.2, 0.25) is 5.91 Å². The van der Waals surface area contributed by atoms with Crippen molar-refractivity contribution in [3.8, 4) is 0 Å². The number of carbonyl (C=O) groups is 3. The summed E-state index contributed by atoms with van der Waals surface area (Å²) in [5.74, 6) is -2.89. The zero-order valence-electron chi connectivity index (χ0n) is 14.6. The van der Waals surface area contributed by atoms with Crippen LogP contribution in [0.1, 0.15) is 39.7 Å². The van der Waals surface area contributed by atoms with Crippen molar-refractivity contribution < 1.29 is 23.9 Å². The summed E-state index contributed by atoms with van der Waals surface area (Å²) in [6, 6.07) is 5.54. The van der Waals surface area contributed by atoms with Crippen molar-refractivity contribution >= 4 is 29.2 Å². The van der Waals surface area contributed by atoms with E-state index in [0.717, 1.165) is 5.56 Å². The molecule has 0 unspecified atom stereocenters.